The Balaban J connectivity index is 1.80. The molecule has 1 aliphatic heterocycles. The summed E-state index contributed by atoms with van der Waals surface area (Å²) in [5.74, 6) is 0.780. The van der Waals surface area contributed by atoms with Crippen LogP contribution in [0.5, 0.6) is 0 Å². The van der Waals surface area contributed by atoms with Gasteiger partial charge in [-0.15, -0.1) is 0 Å². The van der Waals surface area contributed by atoms with Crippen molar-refractivity contribution in [2.75, 3.05) is 21.3 Å². The molecule has 1 aliphatic carbocycles. The third-order valence-corrected chi connectivity index (χ3v) is 6.02. The first-order chi connectivity index (χ1) is 10.6. The second-order valence-electron chi connectivity index (χ2n) is 6.18. The number of rotatable bonds is 8. The Labute approximate surface area is 141 Å². The van der Waals surface area contributed by atoms with Crippen molar-refractivity contribution < 1.29 is 23.7 Å². The first-order valence-corrected chi connectivity index (χ1v) is 8.94. The van der Waals surface area contributed by atoms with Crippen LogP contribution in [-0.2, 0) is 23.7 Å². The molecule has 2 rings (SSSR count). The van der Waals surface area contributed by atoms with Crippen molar-refractivity contribution in [3.63, 3.8) is 0 Å². The van der Waals surface area contributed by atoms with E-state index in [9.17, 15) is 4.79 Å². The van der Waals surface area contributed by atoms with E-state index in [4.69, 9.17) is 14.2 Å². The summed E-state index contributed by atoms with van der Waals surface area (Å²) < 4.78 is 21.8. The number of hydrogen-bond acceptors (Lipinski definition) is 5. The molecule has 128 valence electrons. The summed E-state index contributed by atoms with van der Waals surface area (Å²) >= 11 is 3.74. The highest BCUT2D eigenvalue weighted by Crippen LogP contribution is 2.47. The van der Waals surface area contributed by atoms with Crippen LogP contribution in [-0.4, -0.2) is 50.6 Å². The summed E-state index contributed by atoms with van der Waals surface area (Å²) in [5, 5.41) is 0. The molecule has 0 spiro atoms. The van der Waals surface area contributed by atoms with Gasteiger partial charge in [0.05, 0.1) is 19.3 Å². The average Bonchev–Trinajstić information content (AvgIpc) is 3.10. The van der Waals surface area contributed by atoms with E-state index in [0.29, 0.717) is 24.4 Å². The topological polar surface area (TPSA) is 54.0 Å². The molecule has 0 N–H and O–H groups in total. The molecule has 5 atom stereocenters. The van der Waals surface area contributed by atoms with E-state index < -0.39 is 0 Å². The summed E-state index contributed by atoms with van der Waals surface area (Å²) in [6, 6.07) is 0. The first-order valence-electron chi connectivity index (χ1n) is 8.02. The van der Waals surface area contributed by atoms with Crippen molar-refractivity contribution in [2.24, 2.45) is 11.8 Å². The molecular formula is C16H27BrO5. The van der Waals surface area contributed by atoms with Crippen LogP contribution in [0.1, 0.15) is 38.5 Å². The van der Waals surface area contributed by atoms with Gasteiger partial charge in [-0.05, 0) is 38.0 Å². The van der Waals surface area contributed by atoms with Gasteiger partial charge in [0.15, 0.2) is 6.29 Å². The maximum absolute atomic E-state index is 11.2. The third kappa shape index (κ3) is 4.22. The number of ether oxygens (including phenoxy) is 4. The molecule has 0 amide bonds. The fourth-order valence-electron chi connectivity index (χ4n) is 3.85. The SMILES string of the molecule is COC(=O)CCCC(Br)C1CC2C(CCC2C(OC)OC)O1. The lowest BCUT2D eigenvalue weighted by Crippen LogP contribution is -2.29. The number of fused-ring (bicyclic) bond motifs is 1. The van der Waals surface area contributed by atoms with Crippen LogP contribution >= 0.6 is 15.9 Å². The van der Waals surface area contributed by atoms with Crippen LogP contribution < -0.4 is 0 Å². The number of carbonyl (C=O) groups is 1. The molecule has 1 saturated heterocycles. The normalized spacial score (nSPS) is 32.2. The van der Waals surface area contributed by atoms with E-state index in [1.54, 1.807) is 14.2 Å². The molecule has 0 radical (unpaired) electrons. The van der Waals surface area contributed by atoms with Gasteiger partial charge in [-0.3, -0.25) is 4.79 Å². The number of esters is 1. The van der Waals surface area contributed by atoms with Crippen LogP contribution in [0.2, 0.25) is 0 Å². The van der Waals surface area contributed by atoms with Gasteiger partial charge in [-0.1, -0.05) is 15.9 Å². The molecule has 2 aliphatic rings. The first kappa shape index (κ1) is 18.2. The Morgan fingerprint density at radius 2 is 2.00 bits per heavy atom. The molecule has 0 aromatic carbocycles. The smallest absolute Gasteiger partial charge is 0.305 e. The largest absolute Gasteiger partial charge is 0.469 e. The fraction of sp³-hybridized carbons (Fsp3) is 0.938. The Morgan fingerprint density at radius 3 is 2.64 bits per heavy atom. The minimum absolute atomic E-state index is 0.134. The van der Waals surface area contributed by atoms with E-state index in [0.717, 1.165) is 32.1 Å². The number of hydrogen-bond donors (Lipinski definition) is 0. The van der Waals surface area contributed by atoms with Crippen molar-refractivity contribution in [1.29, 1.82) is 0 Å². The van der Waals surface area contributed by atoms with Gasteiger partial charge in [0.2, 0.25) is 0 Å². The third-order valence-electron chi connectivity index (χ3n) is 4.97. The van der Waals surface area contributed by atoms with Crippen molar-refractivity contribution in [3.05, 3.63) is 0 Å². The molecule has 2 fully saturated rings. The molecule has 6 heteroatoms. The second kappa shape index (κ2) is 8.62. The lowest BCUT2D eigenvalue weighted by Gasteiger charge is -2.25. The van der Waals surface area contributed by atoms with E-state index in [1.807, 2.05) is 0 Å². The predicted octanol–water partition coefficient (Wildman–Crippen LogP) is 2.90. The van der Waals surface area contributed by atoms with Crippen LogP contribution in [0.15, 0.2) is 0 Å². The van der Waals surface area contributed by atoms with Gasteiger partial charge in [0, 0.05) is 31.4 Å². The minimum atomic E-state index is -0.146. The van der Waals surface area contributed by atoms with Crippen molar-refractivity contribution in [3.8, 4) is 0 Å². The van der Waals surface area contributed by atoms with E-state index >= 15 is 0 Å². The summed E-state index contributed by atoms with van der Waals surface area (Å²) in [7, 11) is 4.83. The highest BCUT2D eigenvalue weighted by atomic mass is 79.9. The zero-order valence-corrected chi connectivity index (χ0v) is 15.2. The summed E-state index contributed by atoms with van der Waals surface area (Å²) in [6.07, 6.45) is 5.82. The molecule has 5 unspecified atom stereocenters. The summed E-state index contributed by atoms with van der Waals surface area (Å²) in [5.41, 5.74) is 0. The molecule has 0 aromatic rings. The highest BCUT2D eigenvalue weighted by molar-refractivity contribution is 9.09. The van der Waals surface area contributed by atoms with Gasteiger partial charge in [0.25, 0.3) is 0 Å². The van der Waals surface area contributed by atoms with Crippen molar-refractivity contribution in [1.82, 2.24) is 0 Å². The number of halogens is 1. The van der Waals surface area contributed by atoms with Gasteiger partial charge in [-0.2, -0.15) is 0 Å². The van der Waals surface area contributed by atoms with Crippen molar-refractivity contribution >= 4 is 21.9 Å². The lowest BCUT2D eigenvalue weighted by molar-refractivity contribution is -0.145. The van der Waals surface area contributed by atoms with Crippen LogP contribution in [0.4, 0.5) is 0 Å². The van der Waals surface area contributed by atoms with Gasteiger partial charge in [-0.25, -0.2) is 0 Å². The molecule has 1 heterocycles. The quantitative estimate of drug-likeness (QED) is 0.369. The highest BCUT2D eigenvalue weighted by Gasteiger charge is 2.48. The maximum Gasteiger partial charge on any atom is 0.305 e. The lowest BCUT2D eigenvalue weighted by atomic mass is 9.90. The molecule has 0 aromatic heterocycles. The van der Waals surface area contributed by atoms with Crippen LogP contribution in [0.25, 0.3) is 0 Å². The Bertz CT molecular complexity index is 360. The average molecular weight is 379 g/mol. The van der Waals surface area contributed by atoms with Gasteiger partial charge in [0.1, 0.15) is 0 Å². The Hall–Kier alpha value is -0.170. The summed E-state index contributed by atoms with van der Waals surface area (Å²) in [4.78, 5) is 11.4. The second-order valence-corrected chi connectivity index (χ2v) is 7.35. The molecule has 0 bridgehead atoms. The van der Waals surface area contributed by atoms with Crippen LogP contribution in [0.3, 0.4) is 0 Å². The van der Waals surface area contributed by atoms with Gasteiger partial charge >= 0.3 is 5.97 Å². The molecule has 22 heavy (non-hydrogen) atoms. The summed E-state index contributed by atoms with van der Waals surface area (Å²) in [6.45, 7) is 0. The monoisotopic (exact) mass is 378 g/mol. The molecular weight excluding hydrogens is 352 g/mol. The predicted molar refractivity (Wildman–Crippen MR) is 85.9 cm³/mol. The molecule has 5 nitrogen and oxygen atoms in total. The fourth-order valence-corrected chi connectivity index (χ4v) is 4.51. The zero-order valence-electron chi connectivity index (χ0n) is 13.6. The van der Waals surface area contributed by atoms with Gasteiger partial charge < -0.3 is 18.9 Å². The Kier molecular flexibility index (Phi) is 7.12. The van der Waals surface area contributed by atoms with Crippen LogP contribution in [0, 0.1) is 11.8 Å². The van der Waals surface area contributed by atoms with Crippen molar-refractivity contribution in [2.45, 2.75) is 61.9 Å². The van der Waals surface area contributed by atoms with E-state index in [-0.39, 0.29) is 23.2 Å². The zero-order chi connectivity index (χ0) is 16.1. The number of alkyl halides is 1. The Morgan fingerprint density at radius 1 is 1.27 bits per heavy atom. The number of carbonyl (C=O) groups excluding carboxylic acids is 1. The number of methoxy groups -OCH3 is 3. The standard InChI is InChI=1S/C16H27BrO5/c1-19-15(18)6-4-5-12(17)14-9-11-10(16(20-2)21-3)7-8-13(11)22-14/h10-14,16H,4-9H2,1-3H3. The molecule has 1 saturated carbocycles. The maximum atomic E-state index is 11.2. The van der Waals surface area contributed by atoms with E-state index in [1.165, 1.54) is 7.11 Å². The van der Waals surface area contributed by atoms with E-state index in [2.05, 4.69) is 20.7 Å². The minimum Gasteiger partial charge on any atom is -0.469 e.